The molecule has 2 aromatic carbocycles. The van der Waals surface area contributed by atoms with E-state index in [4.69, 9.17) is 9.72 Å². The number of imidazole rings is 1. The van der Waals surface area contributed by atoms with Gasteiger partial charge in [-0.25, -0.2) is 4.98 Å². The van der Waals surface area contributed by atoms with Crippen molar-refractivity contribution in [2.24, 2.45) is 5.92 Å². The van der Waals surface area contributed by atoms with Crippen molar-refractivity contribution in [1.82, 2.24) is 14.9 Å². The Hall–Kier alpha value is -3.19. The molecule has 1 aliphatic carbocycles. The van der Waals surface area contributed by atoms with Crippen LogP contribution in [-0.2, 0) is 33.7 Å². The number of nitrogens with zero attached hydrogens (tertiary/aromatic N) is 3. The molecule has 0 atom stereocenters. The van der Waals surface area contributed by atoms with Crippen LogP contribution in [0.2, 0.25) is 0 Å². The summed E-state index contributed by atoms with van der Waals surface area (Å²) in [7, 11) is 0. The number of carbonyl (C=O) groups is 2. The summed E-state index contributed by atoms with van der Waals surface area (Å²) in [5, 5.41) is 3.13. The maximum absolute atomic E-state index is 13.9. The number of aryl methyl sites for hydroxylation is 3. The number of hydrogen-bond donors (Lipinski definition) is 1. The van der Waals surface area contributed by atoms with Crippen molar-refractivity contribution in [2.75, 3.05) is 24.8 Å². The number of aromatic nitrogens is 2. The van der Waals surface area contributed by atoms with E-state index in [0.717, 1.165) is 72.2 Å². The molecule has 0 spiro atoms. The maximum Gasteiger partial charge on any atom is 0.248 e. The third-order valence-electron chi connectivity index (χ3n) is 7.58. The standard InChI is InChI=1S/C31H42N4O3/c1-4-24-16-11-13-23(3)30(24)35(22-38-5-2)29(36)21-34-27-18-10-9-17-26(27)33-28(34)19-12-20-32-31(37)25-14-7-6-8-15-25/h9-11,13,16-18,25H,4-8,12,14-15,19-22H2,1-3H3,(H,32,37). The Bertz CT molecular complexity index is 1230. The number of amides is 2. The van der Waals surface area contributed by atoms with Crippen LogP contribution in [0.4, 0.5) is 5.69 Å². The molecular weight excluding hydrogens is 476 g/mol. The highest BCUT2D eigenvalue weighted by molar-refractivity contribution is 5.95. The van der Waals surface area contributed by atoms with Crippen LogP contribution in [0.15, 0.2) is 42.5 Å². The number of rotatable bonds is 12. The molecule has 4 rings (SSSR count). The Morgan fingerprint density at radius 3 is 2.63 bits per heavy atom. The molecule has 0 radical (unpaired) electrons. The summed E-state index contributed by atoms with van der Waals surface area (Å²) in [6.45, 7) is 7.62. The van der Waals surface area contributed by atoms with Gasteiger partial charge in [-0.1, -0.05) is 56.5 Å². The molecule has 1 aliphatic rings. The van der Waals surface area contributed by atoms with Gasteiger partial charge >= 0.3 is 0 Å². The van der Waals surface area contributed by atoms with E-state index in [0.29, 0.717) is 19.6 Å². The number of carbonyl (C=O) groups excluding carboxylic acids is 2. The molecule has 3 aromatic rings. The Kier molecular flexibility index (Phi) is 9.93. The molecule has 0 unspecified atom stereocenters. The number of fused-ring (bicyclic) bond motifs is 1. The van der Waals surface area contributed by atoms with E-state index >= 15 is 0 Å². The fourth-order valence-corrected chi connectivity index (χ4v) is 5.52. The van der Waals surface area contributed by atoms with Gasteiger partial charge in [0.2, 0.25) is 11.8 Å². The number of hydrogen-bond acceptors (Lipinski definition) is 4. The van der Waals surface area contributed by atoms with Crippen molar-refractivity contribution < 1.29 is 14.3 Å². The van der Waals surface area contributed by atoms with Gasteiger partial charge in [0.25, 0.3) is 0 Å². The molecule has 1 N–H and O–H groups in total. The van der Waals surface area contributed by atoms with Gasteiger partial charge in [-0.15, -0.1) is 0 Å². The Labute approximate surface area is 226 Å². The van der Waals surface area contributed by atoms with Crippen molar-refractivity contribution >= 4 is 28.5 Å². The van der Waals surface area contributed by atoms with Gasteiger partial charge in [0.15, 0.2) is 0 Å². The van der Waals surface area contributed by atoms with Gasteiger partial charge in [-0.3, -0.25) is 14.5 Å². The van der Waals surface area contributed by atoms with Crippen LogP contribution in [0.3, 0.4) is 0 Å². The molecule has 1 aromatic heterocycles. The Morgan fingerprint density at radius 2 is 1.87 bits per heavy atom. The van der Waals surface area contributed by atoms with Gasteiger partial charge in [0.05, 0.1) is 16.7 Å². The van der Waals surface area contributed by atoms with Gasteiger partial charge < -0.3 is 14.6 Å². The highest BCUT2D eigenvalue weighted by Crippen LogP contribution is 2.27. The van der Waals surface area contributed by atoms with Crippen LogP contribution in [0.5, 0.6) is 0 Å². The van der Waals surface area contributed by atoms with E-state index < -0.39 is 0 Å². The van der Waals surface area contributed by atoms with E-state index in [1.807, 2.05) is 54.8 Å². The fraction of sp³-hybridized carbons (Fsp3) is 0.516. The smallest absolute Gasteiger partial charge is 0.248 e. The average Bonchev–Trinajstić information content (AvgIpc) is 3.29. The number of benzene rings is 2. The summed E-state index contributed by atoms with van der Waals surface area (Å²) in [6, 6.07) is 14.1. The van der Waals surface area contributed by atoms with Crippen LogP contribution in [0.25, 0.3) is 11.0 Å². The monoisotopic (exact) mass is 518 g/mol. The summed E-state index contributed by atoms with van der Waals surface area (Å²) < 4.78 is 7.79. The minimum absolute atomic E-state index is 0.0301. The van der Waals surface area contributed by atoms with Gasteiger partial charge in [-0.05, 0) is 62.8 Å². The molecule has 1 fully saturated rings. The zero-order chi connectivity index (χ0) is 26.9. The van der Waals surface area contributed by atoms with Gasteiger partial charge in [0, 0.05) is 25.5 Å². The van der Waals surface area contributed by atoms with E-state index in [9.17, 15) is 9.59 Å². The molecule has 1 heterocycles. The molecule has 0 saturated heterocycles. The van der Waals surface area contributed by atoms with Crippen molar-refractivity contribution in [2.45, 2.75) is 78.7 Å². The first-order valence-electron chi connectivity index (χ1n) is 14.2. The third kappa shape index (κ3) is 6.62. The minimum Gasteiger partial charge on any atom is -0.361 e. The molecular formula is C31H42N4O3. The van der Waals surface area contributed by atoms with E-state index in [2.05, 4.69) is 18.3 Å². The maximum atomic E-state index is 13.9. The molecule has 38 heavy (non-hydrogen) atoms. The largest absolute Gasteiger partial charge is 0.361 e. The summed E-state index contributed by atoms with van der Waals surface area (Å²) in [5.41, 5.74) is 4.94. The van der Waals surface area contributed by atoms with Crippen LogP contribution >= 0.6 is 0 Å². The lowest BCUT2D eigenvalue weighted by atomic mass is 9.89. The molecule has 2 amide bonds. The first-order valence-corrected chi connectivity index (χ1v) is 14.2. The zero-order valence-corrected chi connectivity index (χ0v) is 23.2. The van der Waals surface area contributed by atoms with Crippen molar-refractivity contribution in [1.29, 1.82) is 0 Å². The lowest BCUT2D eigenvalue weighted by molar-refractivity contribution is -0.126. The van der Waals surface area contributed by atoms with Gasteiger partial charge in [-0.2, -0.15) is 0 Å². The molecule has 7 heteroatoms. The van der Waals surface area contributed by atoms with Crippen molar-refractivity contribution in [3.63, 3.8) is 0 Å². The van der Waals surface area contributed by atoms with E-state index in [1.165, 1.54) is 6.42 Å². The van der Waals surface area contributed by atoms with E-state index in [-0.39, 0.29) is 31.0 Å². The van der Waals surface area contributed by atoms with Crippen LogP contribution < -0.4 is 10.2 Å². The second-order valence-corrected chi connectivity index (χ2v) is 10.2. The predicted molar refractivity (Wildman–Crippen MR) is 152 cm³/mol. The summed E-state index contributed by atoms with van der Waals surface area (Å²) in [6.07, 6.45) is 7.84. The summed E-state index contributed by atoms with van der Waals surface area (Å²) in [4.78, 5) is 33.1. The third-order valence-corrected chi connectivity index (χ3v) is 7.58. The topological polar surface area (TPSA) is 76.5 Å². The fourth-order valence-electron chi connectivity index (χ4n) is 5.52. The number of anilines is 1. The Morgan fingerprint density at radius 1 is 1.08 bits per heavy atom. The van der Waals surface area contributed by atoms with Crippen molar-refractivity contribution in [3.05, 3.63) is 59.4 Å². The molecule has 1 saturated carbocycles. The lowest BCUT2D eigenvalue weighted by Gasteiger charge is -2.27. The van der Waals surface area contributed by atoms with Crippen molar-refractivity contribution in [3.8, 4) is 0 Å². The molecule has 0 aliphatic heterocycles. The Balaban J connectivity index is 1.51. The van der Waals surface area contributed by atoms with Crippen LogP contribution in [-0.4, -0.2) is 41.2 Å². The quantitative estimate of drug-likeness (QED) is 0.251. The average molecular weight is 519 g/mol. The number of para-hydroxylation sites is 3. The number of nitrogens with one attached hydrogen (secondary N) is 1. The number of ether oxygens (including phenoxy) is 1. The minimum atomic E-state index is -0.0301. The lowest BCUT2D eigenvalue weighted by Crippen LogP contribution is -2.37. The highest BCUT2D eigenvalue weighted by Gasteiger charge is 2.23. The SMILES string of the molecule is CCOCN(C(=O)Cn1c(CCCNC(=O)C2CCCCC2)nc2ccccc21)c1c(C)cccc1CC. The van der Waals surface area contributed by atoms with Crippen LogP contribution in [0, 0.1) is 12.8 Å². The van der Waals surface area contributed by atoms with Gasteiger partial charge in [0.1, 0.15) is 19.1 Å². The zero-order valence-electron chi connectivity index (χ0n) is 23.2. The summed E-state index contributed by atoms with van der Waals surface area (Å²) >= 11 is 0. The predicted octanol–water partition coefficient (Wildman–Crippen LogP) is 5.56. The highest BCUT2D eigenvalue weighted by atomic mass is 16.5. The molecule has 0 bridgehead atoms. The van der Waals surface area contributed by atoms with Crippen LogP contribution in [0.1, 0.15) is 69.3 Å². The first-order chi connectivity index (χ1) is 18.5. The molecule has 7 nitrogen and oxygen atoms in total. The second-order valence-electron chi connectivity index (χ2n) is 10.2. The molecule has 204 valence electrons. The second kappa shape index (κ2) is 13.6. The normalized spacial score (nSPS) is 14.1. The summed E-state index contributed by atoms with van der Waals surface area (Å²) in [5.74, 6) is 1.18. The first kappa shape index (κ1) is 27.8. The van der Waals surface area contributed by atoms with E-state index in [1.54, 1.807) is 4.90 Å².